The summed E-state index contributed by atoms with van der Waals surface area (Å²) in [6.07, 6.45) is 5.01. The van der Waals surface area contributed by atoms with Gasteiger partial charge in [-0.15, -0.1) is 24.0 Å². The van der Waals surface area contributed by atoms with Crippen LogP contribution in [0.2, 0.25) is 0 Å². The molecule has 31 heavy (non-hydrogen) atoms. The molecule has 1 aliphatic carbocycles. The second-order valence-electron chi connectivity index (χ2n) is 8.70. The number of likely N-dealkylation sites (N-methyl/N-ethyl adjacent to an activating group) is 1. The minimum absolute atomic E-state index is 0. The van der Waals surface area contributed by atoms with Gasteiger partial charge in [0.25, 0.3) is 0 Å². The highest BCUT2D eigenvalue weighted by molar-refractivity contribution is 14.0. The van der Waals surface area contributed by atoms with Crippen LogP contribution in [-0.4, -0.2) is 75.2 Å². The van der Waals surface area contributed by atoms with Gasteiger partial charge in [-0.25, -0.2) is 0 Å². The highest BCUT2D eigenvalue weighted by Gasteiger charge is 2.22. The van der Waals surface area contributed by atoms with Crippen molar-refractivity contribution in [3.8, 4) is 5.75 Å². The van der Waals surface area contributed by atoms with Crippen LogP contribution in [-0.2, 0) is 6.54 Å². The van der Waals surface area contributed by atoms with Crippen molar-refractivity contribution in [3.63, 3.8) is 0 Å². The molecule has 0 unspecified atom stereocenters. The first kappa shape index (κ1) is 26.2. The third-order valence-electron chi connectivity index (χ3n) is 6.17. The second kappa shape index (κ2) is 14.2. The maximum Gasteiger partial charge on any atom is 0.191 e. The lowest BCUT2D eigenvalue weighted by molar-refractivity contribution is 0.136. The molecule has 1 aromatic rings. The van der Waals surface area contributed by atoms with Gasteiger partial charge in [-0.1, -0.05) is 19.1 Å². The topological polar surface area (TPSA) is 52.1 Å². The second-order valence-corrected chi connectivity index (χ2v) is 8.70. The first-order chi connectivity index (χ1) is 14.7. The summed E-state index contributed by atoms with van der Waals surface area (Å²) in [5.41, 5.74) is 2.43. The molecule has 1 saturated carbocycles. The Labute approximate surface area is 206 Å². The van der Waals surface area contributed by atoms with Crippen molar-refractivity contribution in [2.45, 2.75) is 46.1 Å². The van der Waals surface area contributed by atoms with Crippen LogP contribution in [0.3, 0.4) is 0 Å². The Kier molecular flexibility index (Phi) is 12.0. The molecule has 1 heterocycles. The molecule has 1 aliphatic heterocycles. The van der Waals surface area contributed by atoms with Crippen LogP contribution in [0.15, 0.2) is 23.2 Å². The molecule has 7 heteroatoms. The monoisotopic (exact) mass is 543 g/mol. The molecule has 2 N–H and O–H groups in total. The van der Waals surface area contributed by atoms with E-state index in [4.69, 9.17) is 4.74 Å². The van der Waals surface area contributed by atoms with Crippen LogP contribution < -0.4 is 15.4 Å². The summed E-state index contributed by atoms with van der Waals surface area (Å²) in [7, 11) is 1.84. The summed E-state index contributed by atoms with van der Waals surface area (Å²) in [6, 6.07) is 6.46. The van der Waals surface area contributed by atoms with E-state index in [0.717, 1.165) is 43.7 Å². The molecular formula is C24H42IN5O. The summed E-state index contributed by atoms with van der Waals surface area (Å²) in [4.78, 5) is 9.51. The van der Waals surface area contributed by atoms with Crippen LogP contribution in [0.1, 0.15) is 43.7 Å². The van der Waals surface area contributed by atoms with Crippen LogP contribution in [0.5, 0.6) is 5.75 Å². The minimum Gasteiger partial charge on any atom is -0.493 e. The van der Waals surface area contributed by atoms with E-state index >= 15 is 0 Å². The van der Waals surface area contributed by atoms with E-state index in [1.807, 2.05) is 7.05 Å². The standard InChI is InChI=1S/C24H41N5O.HI/c1-4-28-13-15-29(16-14-28)12-6-5-11-26-24(25-3)27-18-22-10-7-20(2)17-23(22)30-19-21-8-9-21;/h7,10,17,21H,4-6,8-9,11-16,18-19H2,1-3H3,(H2,25,26,27);1H. The summed E-state index contributed by atoms with van der Waals surface area (Å²) in [5.74, 6) is 2.63. The molecule has 176 valence electrons. The van der Waals surface area contributed by atoms with E-state index < -0.39 is 0 Å². The molecule has 0 atom stereocenters. The maximum absolute atomic E-state index is 6.08. The van der Waals surface area contributed by atoms with Gasteiger partial charge in [-0.05, 0) is 63.2 Å². The number of piperazine rings is 1. The highest BCUT2D eigenvalue weighted by atomic mass is 127. The number of aliphatic imine (C=N–C) groups is 1. The predicted octanol–water partition coefficient (Wildman–Crippen LogP) is 3.48. The number of nitrogens with one attached hydrogen (secondary N) is 2. The molecule has 0 radical (unpaired) electrons. The van der Waals surface area contributed by atoms with E-state index in [1.165, 1.54) is 69.7 Å². The Hall–Kier alpha value is -1.06. The Morgan fingerprint density at radius 2 is 1.84 bits per heavy atom. The smallest absolute Gasteiger partial charge is 0.191 e. The molecule has 0 aromatic heterocycles. The van der Waals surface area contributed by atoms with E-state index in [9.17, 15) is 0 Å². The van der Waals surface area contributed by atoms with Gasteiger partial charge in [0, 0.05) is 51.9 Å². The number of guanidine groups is 1. The number of hydrogen-bond donors (Lipinski definition) is 2. The van der Waals surface area contributed by atoms with Crippen molar-refractivity contribution in [2.24, 2.45) is 10.9 Å². The molecule has 2 aliphatic rings. The van der Waals surface area contributed by atoms with Crippen LogP contribution in [0.4, 0.5) is 0 Å². The molecule has 2 fully saturated rings. The van der Waals surface area contributed by atoms with Gasteiger partial charge >= 0.3 is 0 Å². The fourth-order valence-electron chi connectivity index (χ4n) is 3.83. The number of halogens is 1. The molecule has 0 spiro atoms. The number of nitrogens with zero attached hydrogens (tertiary/aromatic N) is 3. The largest absolute Gasteiger partial charge is 0.493 e. The van der Waals surface area contributed by atoms with Crippen molar-refractivity contribution in [1.82, 2.24) is 20.4 Å². The van der Waals surface area contributed by atoms with Crippen LogP contribution in [0, 0.1) is 12.8 Å². The highest BCUT2D eigenvalue weighted by Crippen LogP contribution is 2.30. The Balaban J connectivity index is 0.00000341. The molecular weight excluding hydrogens is 501 g/mol. The number of aryl methyl sites for hydroxylation is 1. The third kappa shape index (κ3) is 9.53. The van der Waals surface area contributed by atoms with E-state index in [1.54, 1.807) is 0 Å². The Morgan fingerprint density at radius 1 is 1.10 bits per heavy atom. The van der Waals surface area contributed by atoms with E-state index in [0.29, 0.717) is 0 Å². The first-order valence-corrected chi connectivity index (χ1v) is 11.8. The van der Waals surface area contributed by atoms with Crippen molar-refractivity contribution >= 4 is 29.9 Å². The van der Waals surface area contributed by atoms with Gasteiger partial charge in [0.1, 0.15) is 5.75 Å². The SMILES string of the molecule is CCN1CCN(CCCCNC(=NC)NCc2ccc(C)cc2OCC2CC2)CC1.I. The normalized spacial score (nSPS) is 17.8. The summed E-state index contributed by atoms with van der Waals surface area (Å²) < 4.78 is 6.08. The number of hydrogen-bond acceptors (Lipinski definition) is 4. The minimum atomic E-state index is 0. The van der Waals surface area contributed by atoms with Crippen LogP contribution >= 0.6 is 24.0 Å². The lowest BCUT2D eigenvalue weighted by Crippen LogP contribution is -2.46. The van der Waals surface area contributed by atoms with Gasteiger partial charge in [-0.2, -0.15) is 0 Å². The van der Waals surface area contributed by atoms with Gasteiger partial charge in [-0.3, -0.25) is 4.99 Å². The van der Waals surface area contributed by atoms with E-state index in [2.05, 4.69) is 57.5 Å². The van der Waals surface area contributed by atoms with Crippen molar-refractivity contribution in [3.05, 3.63) is 29.3 Å². The zero-order valence-corrected chi connectivity index (χ0v) is 22.0. The fraction of sp³-hybridized carbons (Fsp3) is 0.708. The van der Waals surface area contributed by atoms with Gasteiger partial charge in [0.05, 0.1) is 6.61 Å². The quantitative estimate of drug-likeness (QED) is 0.194. The molecule has 1 saturated heterocycles. The molecule has 0 bridgehead atoms. The van der Waals surface area contributed by atoms with Crippen LogP contribution in [0.25, 0.3) is 0 Å². The number of benzene rings is 1. The molecule has 1 aromatic carbocycles. The lowest BCUT2D eigenvalue weighted by atomic mass is 10.1. The van der Waals surface area contributed by atoms with Gasteiger partial charge < -0.3 is 25.2 Å². The molecule has 6 nitrogen and oxygen atoms in total. The van der Waals surface area contributed by atoms with Gasteiger partial charge in [0.2, 0.25) is 0 Å². The zero-order chi connectivity index (χ0) is 21.2. The van der Waals surface area contributed by atoms with Crippen molar-refractivity contribution in [1.29, 1.82) is 0 Å². The van der Waals surface area contributed by atoms with E-state index in [-0.39, 0.29) is 24.0 Å². The van der Waals surface area contributed by atoms with Crippen molar-refractivity contribution in [2.75, 3.05) is 59.5 Å². The Morgan fingerprint density at radius 3 is 2.52 bits per heavy atom. The van der Waals surface area contributed by atoms with Gasteiger partial charge in [0.15, 0.2) is 5.96 Å². The number of unbranched alkanes of at least 4 members (excludes halogenated alkanes) is 1. The maximum atomic E-state index is 6.08. The van der Waals surface area contributed by atoms with Crippen molar-refractivity contribution < 1.29 is 4.74 Å². The number of ether oxygens (including phenoxy) is 1. The summed E-state index contributed by atoms with van der Waals surface area (Å²) in [6.45, 7) is 14.1. The Bertz CT molecular complexity index is 672. The predicted molar refractivity (Wildman–Crippen MR) is 141 cm³/mol. The number of rotatable bonds is 11. The summed E-state index contributed by atoms with van der Waals surface area (Å²) in [5, 5.41) is 6.90. The zero-order valence-electron chi connectivity index (χ0n) is 19.7. The fourth-order valence-corrected chi connectivity index (χ4v) is 3.83. The average molecular weight is 544 g/mol. The average Bonchev–Trinajstić information content (AvgIpc) is 3.60. The molecule has 3 rings (SSSR count). The lowest BCUT2D eigenvalue weighted by Gasteiger charge is -2.34. The first-order valence-electron chi connectivity index (χ1n) is 11.8. The third-order valence-corrected chi connectivity index (χ3v) is 6.17. The molecule has 0 amide bonds. The summed E-state index contributed by atoms with van der Waals surface area (Å²) >= 11 is 0.